The number of benzene rings is 1. The van der Waals surface area contributed by atoms with Crippen molar-refractivity contribution in [1.82, 2.24) is 4.98 Å². The topological polar surface area (TPSA) is 34.2 Å². The number of pyridine rings is 1. The molecule has 21 heavy (non-hydrogen) atoms. The van der Waals surface area contributed by atoms with Crippen LogP contribution >= 0.6 is 11.6 Å². The summed E-state index contributed by atoms with van der Waals surface area (Å²) in [5, 5.41) is 3.93. The Morgan fingerprint density at radius 1 is 1.29 bits per heavy atom. The molecular weight excluding hydrogens is 284 g/mol. The van der Waals surface area contributed by atoms with Crippen LogP contribution in [0, 0.1) is 6.92 Å². The fourth-order valence-corrected chi connectivity index (χ4v) is 2.92. The zero-order chi connectivity index (χ0) is 15.0. The number of halogens is 1. The highest BCUT2D eigenvalue weighted by atomic mass is 35.5. The average molecular weight is 303 g/mol. The number of rotatable bonds is 3. The Hall–Kier alpha value is -1.74. The highest BCUT2D eigenvalue weighted by molar-refractivity contribution is 6.29. The van der Waals surface area contributed by atoms with Crippen molar-refractivity contribution in [1.29, 1.82) is 0 Å². The minimum Gasteiger partial charge on any atom is -0.487 e. The molecule has 1 aliphatic rings. The van der Waals surface area contributed by atoms with Gasteiger partial charge in [0.25, 0.3) is 0 Å². The number of nitrogens with zero attached hydrogens (tertiary/aromatic N) is 1. The Labute approximate surface area is 130 Å². The summed E-state index contributed by atoms with van der Waals surface area (Å²) in [6, 6.07) is 10.1. The minimum atomic E-state index is -0.115. The van der Waals surface area contributed by atoms with Gasteiger partial charge in [0.1, 0.15) is 16.5 Å². The molecule has 0 atom stereocenters. The third-order valence-electron chi connectivity index (χ3n) is 3.69. The molecule has 0 spiro atoms. The number of ether oxygens (including phenoxy) is 1. The minimum absolute atomic E-state index is 0.115. The molecule has 1 aromatic heterocycles. The molecule has 3 rings (SSSR count). The van der Waals surface area contributed by atoms with E-state index in [1.165, 1.54) is 11.1 Å². The summed E-state index contributed by atoms with van der Waals surface area (Å²) < 4.78 is 6.09. The Balaban J connectivity index is 1.80. The predicted molar refractivity (Wildman–Crippen MR) is 86.2 cm³/mol. The van der Waals surface area contributed by atoms with Crippen molar-refractivity contribution < 1.29 is 4.74 Å². The van der Waals surface area contributed by atoms with Crippen molar-refractivity contribution >= 4 is 17.3 Å². The predicted octanol–water partition coefficient (Wildman–Crippen LogP) is 4.37. The first-order valence-electron chi connectivity index (χ1n) is 7.11. The molecule has 0 unspecified atom stereocenters. The third kappa shape index (κ3) is 2.98. The van der Waals surface area contributed by atoms with Crippen LogP contribution in [0.5, 0.6) is 5.75 Å². The van der Waals surface area contributed by atoms with Gasteiger partial charge < -0.3 is 10.1 Å². The molecule has 1 aliphatic heterocycles. The molecular formula is C17H19ClN2O. The molecule has 0 saturated heterocycles. The maximum Gasteiger partial charge on any atom is 0.129 e. The number of hydrogen-bond acceptors (Lipinski definition) is 3. The number of anilines is 1. The van der Waals surface area contributed by atoms with Crippen LogP contribution in [0.2, 0.25) is 5.15 Å². The van der Waals surface area contributed by atoms with Gasteiger partial charge in [-0.05, 0) is 38.5 Å². The third-order valence-corrected chi connectivity index (χ3v) is 3.90. The summed E-state index contributed by atoms with van der Waals surface area (Å²) in [6.45, 7) is 6.90. The smallest absolute Gasteiger partial charge is 0.129 e. The van der Waals surface area contributed by atoms with Crippen LogP contribution in [0.4, 0.5) is 5.69 Å². The first-order valence-corrected chi connectivity index (χ1v) is 7.49. The number of para-hydroxylation sites is 1. The molecule has 2 heterocycles. The summed E-state index contributed by atoms with van der Waals surface area (Å²) in [7, 11) is 0. The number of nitrogens with one attached hydrogen (secondary N) is 1. The highest BCUT2D eigenvalue weighted by Gasteiger charge is 2.31. The fraction of sp³-hybridized carbons (Fsp3) is 0.353. The van der Waals surface area contributed by atoms with Crippen LogP contribution in [0.15, 0.2) is 30.3 Å². The molecule has 0 amide bonds. The van der Waals surface area contributed by atoms with Crippen LogP contribution in [0.3, 0.4) is 0 Å². The SMILES string of the molecule is Cc1nc(Cl)ccc1NCc1cccc2c1OC(C)(C)C2. The lowest BCUT2D eigenvalue weighted by Crippen LogP contribution is -2.25. The van der Waals surface area contributed by atoms with Crippen LogP contribution in [0.1, 0.15) is 30.7 Å². The van der Waals surface area contributed by atoms with Gasteiger partial charge in [0, 0.05) is 18.5 Å². The molecule has 1 N–H and O–H groups in total. The van der Waals surface area contributed by atoms with E-state index in [0.717, 1.165) is 23.6 Å². The molecule has 2 aromatic rings. The van der Waals surface area contributed by atoms with Crippen molar-refractivity contribution in [2.75, 3.05) is 5.32 Å². The lowest BCUT2D eigenvalue weighted by molar-refractivity contribution is 0.137. The van der Waals surface area contributed by atoms with Crippen LogP contribution in [0.25, 0.3) is 0 Å². The summed E-state index contributed by atoms with van der Waals surface area (Å²) in [5.74, 6) is 1.02. The molecule has 0 saturated carbocycles. The molecule has 0 aliphatic carbocycles. The summed E-state index contributed by atoms with van der Waals surface area (Å²) in [4.78, 5) is 4.25. The quantitative estimate of drug-likeness (QED) is 0.855. The van der Waals surface area contributed by atoms with Crippen molar-refractivity contribution in [2.24, 2.45) is 0 Å². The normalized spacial score (nSPS) is 15.4. The Morgan fingerprint density at radius 2 is 2.10 bits per heavy atom. The first kappa shape index (κ1) is 14.2. The van der Waals surface area contributed by atoms with Crippen LogP contribution in [-0.2, 0) is 13.0 Å². The fourth-order valence-electron chi connectivity index (χ4n) is 2.73. The number of aryl methyl sites for hydroxylation is 1. The zero-order valence-electron chi connectivity index (χ0n) is 12.5. The second kappa shape index (κ2) is 5.23. The zero-order valence-corrected chi connectivity index (χ0v) is 13.3. The van der Waals surface area contributed by atoms with Gasteiger partial charge in [0.15, 0.2) is 0 Å². The Morgan fingerprint density at radius 3 is 2.86 bits per heavy atom. The van der Waals surface area contributed by atoms with Crippen molar-refractivity contribution in [3.8, 4) is 5.75 Å². The van der Waals surface area contributed by atoms with Crippen LogP contribution in [-0.4, -0.2) is 10.6 Å². The van der Waals surface area contributed by atoms with E-state index >= 15 is 0 Å². The lowest BCUT2D eigenvalue weighted by Gasteiger charge is -2.18. The average Bonchev–Trinajstić information content (AvgIpc) is 2.72. The maximum atomic E-state index is 6.09. The second-order valence-electron chi connectivity index (χ2n) is 6.06. The van der Waals surface area contributed by atoms with Gasteiger partial charge >= 0.3 is 0 Å². The summed E-state index contributed by atoms with van der Waals surface area (Å²) in [5.41, 5.74) is 4.24. The van der Waals surface area contributed by atoms with Crippen LogP contribution < -0.4 is 10.1 Å². The molecule has 4 heteroatoms. The van der Waals surface area contributed by atoms with Gasteiger partial charge in [-0.2, -0.15) is 0 Å². The highest BCUT2D eigenvalue weighted by Crippen LogP contribution is 2.37. The van der Waals surface area contributed by atoms with Gasteiger partial charge in [-0.1, -0.05) is 29.8 Å². The number of hydrogen-bond donors (Lipinski definition) is 1. The molecule has 0 fully saturated rings. The summed E-state index contributed by atoms with van der Waals surface area (Å²) >= 11 is 5.88. The van der Waals surface area contributed by atoms with E-state index in [1.807, 2.05) is 13.0 Å². The second-order valence-corrected chi connectivity index (χ2v) is 6.45. The Kier molecular flexibility index (Phi) is 3.54. The van der Waals surface area contributed by atoms with Crippen molar-refractivity contribution in [3.05, 3.63) is 52.3 Å². The van der Waals surface area contributed by atoms with E-state index in [1.54, 1.807) is 6.07 Å². The number of aromatic nitrogens is 1. The van der Waals surface area contributed by atoms with Gasteiger partial charge in [-0.15, -0.1) is 0 Å². The van der Waals surface area contributed by atoms with E-state index in [9.17, 15) is 0 Å². The van der Waals surface area contributed by atoms with Gasteiger partial charge in [-0.25, -0.2) is 4.98 Å². The molecule has 0 radical (unpaired) electrons. The molecule has 1 aromatic carbocycles. The molecule has 0 bridgehead atoms. The largest absolute Gasteiger partial charge is 0.487 e. The monoisotopic (exact) mass is 302 g/mol. The van der Waals surface area contributed by atoms with E-state index in [-0.39, 0.29) is 5.60 Å². The molecule has 3 nitrogen and oxygen atoms in total. The van der Waals surface area contributed by atoms with Crippen molar-refractivity contribution in [3.63, 3.8) is 0 Å². The van der Waals surface area contributed by atoms with E-state index in [0.29, 0.717) is 11.7 Å². The molecule has 110 valence electrons. The van der Waals surface area contributed by atoms with E-state index < -0.39 is 0 Å². The van der Waals surface area contributed by atoms with Gasteiger partial charge in [-0.3, -0.25) is 0 Å². The standard InChI is InChI=1S/C17H19ClN2O/c1-11-14(7-8-15(18)20-11)19-10-13-6-4-5-12-9-17(2,3)21-16(12)13/h4-8,19H,9-10H2,1-3H3. The van der Waals surface area contributed by atoms with E-state index in [4.69, 9.17) is 16.3 Å². The van der Waals surface area contributed by atoms with Crippen molar-refractivity contribution in [2.45, 2.75) is 39.3 Å². The first-order chi connectivity index (χ1) is 9.94. The summed E-state index contributed by atoms with van der Waals surface area (Å²) in [6.07, 6.45) is 0.956. The maximum absolute atomic E-state index is 6.09. The van der Waals surface area contributed by atoms with Gasteiger partial charge in [0.2, 0.25) is 0 Å². The lowest BCUT2D eigenvalue weighted by atomic mass is 10.0. The Bertz CT molecular complexity index is 682. The van der Waals surface area contributed by atoms with Gasteiger partial charge in [0.05, 0.1) is 11.4 Å². The number of fused-ring (bicyclic) bond motifs is 1. The van der Waals surface area contributed by atoms with E-state index in [2.05, 4.69) is 42.3 Å².